The molecule has 2 heterocycles. The number of fused-ring (bicyclic) bond motifs is 3. The molecule has 0 aromatic heterocycles. The molecule has 0 aliphatic carbocycles. The van der Waals surface area contributed by atoms with Crippen LogP contribution in [0.25, 0.3) is 10.8 Å². The summed E-state index contributed by atoms with van der Waals surface area (Å²) in [4.78, 5) is 3.80. The zero-order valence-corrected chi connectivity index (χ0v) is 17.2. The average Bonchev–Trinajstić information content (AvgIpc) is 2.94. The SMILES string of the molecule is CN1C2CCC1CC(O)(c1ccccc1CSc1cccc3ccccc13)C2. The molecule has 2 fully saturated rings. The summed E-state index contributed by atoms with van der Waals surface area (Å²) >= 11 is 1.88. The van der Waals surface area contributed by atoms with Crippen molar-refractivity contribution >= 4 is 22.5 Å². The van der Waals surface area contributed by atoms with Crippen LogP contribution in [0.1, 0.15) is 36.8 Å². The van der Waals surface area contributed by atoms with Gasteiger partial charge in [0.1, 0.15) is 0 Å². The van der Waals surface area contributed by atoms with Crippen molar-refractivity contribution in [3.63, 3.8) is 0 Å². The maximum absolute atomic E-state index is 11.7. The molecule has 2 bridgehead atoms. The van der Waals surface area contributed by atoms with E-state index in [0.29, 0.717) is 12.1 Å². The molecule has 1 N–H and O–H groups in total. The van der Waals surface area contributed by atoms with E-state index in [1.165, 1.54) is 34.1 Å². The molecule has 0 spiro atoms. The van der Waals surface area contributed by atoms with E-state index in [2.05, 4.69) is 78.7 Å². The molecular formula is C25H27NOS. The van der Waals surface area contributed by atoms with Gasteiger partial charge in [0.2, 0.25) is 0 Å². The summed E-state index contributed by atoms with van der Waals surface area (Å²) in [5.41, 5.74) is 1.73. The van der Waals surface area contributed by atoms with E-state index in [-0.39, 0.29) is 0 Å². The second-order valence-corrected chi connectivity index (χ2v) is 9.43. The summed E-state index contributed by atoms with van der Waals surface area (Å²) in [6.07, 6.45) is 4.15. The lowest BCUT2D eigenvalue weighted by Crippen LogP contribution is -2.47. The zero-order valence-electron chi connectivity index (χ0n) is 16.3. The standard InChI is InChI=1S/C25H27NOS/c1-26-20-13-14-21(26)16-25(27,15-20)23-11-5-3-8-19(23)17-28-24-12-6-9-18-7-2-4-10-22(18)24/h2-12,20-21,27H,13-17H2,1H3. The maximum atomic E-state index is 11.7. The smallest absolute Gasteiger partial charge is 0.0929 e. The number of hydrogen-bond acceptors (Lipinski definition) is 3. The molecule has 0 amide bonds. The van der Waals surface area contributed by atoms with Crippen molar-refractivity contribution in [1.29, 1.82) is 0 Å². The Labute approximate surface area is 171 Å². The van der Waals surface area contributed by atoms with Crippen molar-refractivity contribution in [2.75, 3.05) is 7.05 Å². The minimum atomic E-state index is -0.686. The van der Waals surface area contributed by atoms with Crippen LogP contribution in [0, 0.1) is 0 Å². The molecule has 5 rings (SSSR count). The van der Waals surface area contributed by atoms with Gasteiger partial charge in [-0.15, -0.1) is 11.8 Å². The number of benzene rings is 3. The third kappa shape index (κ3) is 3.16. The van der Waals surface area contributed by atoms with Gasteiger partial charge in [-0.1, -0.05) is 60.7 Å². The van der Waals surface area contributed by atoms with Crippen LogP contribution in [0.4, 0.5) is 0 Å². The molecule has 2 unspecified atom stereocenters. The first kappa shape index (κ1) is 18.2. The fourth-order valence-corrected chi connectivity index (χ4v) is 6.32. The molecule has 3 heteroatoms. The van der Waals surface area contributed by atoms with Gasteiger partial charge in [0.25, 0.3) is 0 Å². The van der Waals surface area contributed by atoms with Gasteiger partial charge in [-0.25, -0.2) is 0 Å². The van der Waals surface area contributed by atoms with Crippen molar-refractivity contribution in [3.05, 3.63) is 77.9 Å². The highest BCUT2D eigenvalue weighted by Crippen LogP contribution is 2.46. The lowest BCUT2D eigenvalue weighted by atomic mass is 9.79. The van der Waals surface area contributed by atoms with Crippen LogP contribution in [0.3, 0.4) is 0 Å². The highest BCUT2D eigenvalue weighted by molar-refractivity contribution is 7.98. The Balaban J connectivity index is 1.43. The Bertz CT molecular complexity index is 981. The number of nitrogens with zero attached hydrogens (tertiary/aromatic N) is 1. The lowest BCUT2D eigenvalue weighted by molar-refractivity contribution is -0.0497. The Morgan fingerprint density at radius 1 is 0.929 bits per heavy atom. The normalized spacial score (nSPS) is 27.4. The molecule has 2 aliphatic heterocycles. The van der Waals surface area contributed by atoms with Crippen LogP contribution in [0.2, 0.25) is 0 Å². The Morgan fingerprint density at radius 2 is 1.61 bits per heavy atom. The summed E-state index contributed by atoms with van der Waals surface area (Å²) in [7, 11) is 2.23. The van der Waals surface area contributed by atoms with Crippen LogP contribution in [-0.2, 0) is 11.4 Å². The Morgan fingerprint density at radius 3 is 2.43 bits per heavy atom. The first-order valence-corrected chi connectivity index (χ1v) is 11.3. The third-order valence-electron chi connectivity index (χ3n) is 6.78. The van der Waals surface area contributed by atoms with Gasteiger partial charge in [-0.05, 0) is 60.7 Å². The van der Waals surface area contributed by atoms with E-state index in [9.17, 15) is 5.11 Å². The van der Waals surface area contributed by atoms with Gasteiger partial charge in [-0.2, -0.15) is 0 Å². The highest BCUT2D eigenvalue weighted by atomic mass is 32.2. The van der Waals surface area contributed by atoms with Crippen LogP contribution in [0.5, 0.6) is 0 Å². The lowest BCUT2D eigenvalue weighted by Gasteiger charge is -2.43. The molecule has 144 valence electrons. The maximum Gasteiger partial charge on any atom is 0.0929 e. The van der Waals surface area contributed by atoms with Crippen molar-refractivity contribution in [3.8, 4) is 0 Å². The van der Waals surface area contributed by atoms with E-state index in [4.69, 9.17) is 0 Å². The van der Waals surface area contributed by atoms with Crippen LogP contribution < -0.4 is 0 Å². The second-order valence-electron chi connectivity index (χ2n) is 8.41. The zero-order chi connectivity index (χ0) is 19.1. The van der Waals surface area contributed by atoms with Crippen molar-refractivity contribution < 1.29 is 5.11 Å². The van der Waals surface area contributed by atoms with Crippen molar-refractivity contribution in [2.24, 2.45) is 0 Å². The third-order valence-corrected chi connectivity index (χ3v) is 7.91. The molecule has 3 aromatic rings. The molecule has 2 aliphatic rings. The van der Waals surface area contributed by atoms with Crippen LogP contribution >= 0.6 is 11.8 Å². The number of hydrogen-bond donors (Lipinski definition) is 1. The van der Waals surface area contributed by atoms with Crippen LogP contribution in [0.15, 0.2) is 71.6 Å². The van der Waals surface area contributed by atoms with E-state index in [1.807, 2.05) is 11.8 Å². The molecule has 2 atom stereocenters. The largest absolute Gasteiger partial charge is 0.385 e. The van der Waals surface area contributed by atoms with E-state index in [1.54, 1.807) is 0 Å². The number of piperidine rings is 1. The van der Waals surface area contributed by atoms with Gasteiger partial charge in [-0.3, -0.25) is 0 Å². The topological polar surface area (TPSA) is 23.5 Å². The molecule has 3 aromatic carbocycles. The highest BCUT2D eigenvalue weighted by Gasteiger charge is 2.47. The number of thioether (sulfide) groups is 1. The second kappa shape index (κ2) is 7.22. The van der Waals surface area contributed by atoms with Gasteiger partial charge in [0.15, 0.2) is 0 Å². The molecule has 2 saturated heterocycles. The minimum absolute atomic E-state index is 0.516. The Hall–Kier alpha value is -1.81. The Kier molecular flexibility index (Phi) is 4.70. The summed E-state index contributed by atoms with van der Waals surface area (Å²) in [5.74, 6) is 0.887. The van der Waals surface area contributed by atoms with Gasteiger partial charge in [0.05, 0.1) is 5.60 Å². The van der Waals surface area contributed by atoms with Gasteiger partial charge < -0.3 is 10.0 Å². The average molecular weight is 390 g/mol. The van der Waals surface area contributed by atoms with Crippen molar-refractivity contribution in [1.82, 2.24) is 4.90 Å². The molecular weight excluding hydrogens is 362 g/mol. The summed E-state index contributed by atoms with van der Waals surface area (Å²) in [6.45, 7) is 0. The number of aliphatic hydroxyl groups is 1. The first-order chi connectivity index (χ1) is 13.6. The predicted molar refractivity (Wildman–Crippen MR) is 118 cm³/mol. The summed E-state index contributed by atoms with van der Waals surface area (Å²) < 4.78 is 0. The fraction of sp³-hybridized carbons (Fsp3) is 0.360. The number of rotatable bonds is 4. The monoisotopic (exact) mass is 389 g/mol. The molecule has 2 nitrogen and oxygen atoms in total. The fourth-order valence-electron chi connectivity index (χ4n) is 5.24. The van der Waals surface area contributed by atoms with Gasteiger partial charge >= 0.3 is 0 Å². The predicted octanol–water partition coefficient (Wildman–Crippen LogP) is 5.58. The molecule has 0 radical (unpaired) electrons. The summed E-state index contributed by atoms with van der Waals surface area (Å²) in [6, 6.07) is 24.7. The van der Waals surface area contributed by atoms with E-state index in [0.717, 1.165) is 24.2 Å². The first-order valence-electron chi connectivity index (χ1n) is 10.3. The van der Waals surface area contributed by atoms with E-state index >= 15 is 0 Å². The molecule has 28 heavy (non-hydrogen) atoms. The minimum Gasteiger partial charge on any atom is -0.385 e. The van der Waals surface area contributed by atoms with E-state index < -0.39 is 5.60 Å². The quantitative estimate of drug-likeness (QED) is 0.590. The molecule has 0 saturated carbocycles. The van der Waals surface area contributed by atoms with Crippen molar-refractivity contribution in [2.45, 2.75) is 54.0 Å². The van der Waals surface area contributed by atoms with Gasteiger partial charge in [0, 0.05) is 22.7 Å². The summed E-state index contributed by atoms with van der Waals surface area (Å²) in [5, 5.41) is 14.2. The van der Waals surface area contributed by atoms with Crippen LogP contribution in [-0.4, -0.2) is 29.1 Å².